The fourth-order valence-corrected chi connectivity index (χ4v) is 3.77. The van der Waals surface area contributed by atoms with E-state index in [0.717, 1.165) is 22.3 Å². The van der Waals surface area contributed by atoms with Crippen molar-refractivity contribution in [1.82, 2.24) is 15.6 Å². The van der Waals surface area contributed by atoms with Gasteiger partial charge < -0.3 is 15.2 Å². The van der Waals surface area contributed by atoms with Gasteiger partial charge in [-0.25, -0.2) is 9.42 Å². The number of ether oxygens (including phenoxy) is 1. The number of carboxylic acids is 1. The number of aliphatic carboxylic acids is 1. The maximum atomic E-state index is 12.8. The van der Waals surface area contributed by atoms with Gasteiger partial charge in [-0.3, -0.25) is 14.9 Å². The van der Waals surface area contributed by atoms with Gasteiger partial charge in [-0.2, -0.15) is 13.2 Å². The molecule has 1 aliphatic rings. The van der Waals surface area contributed by atoms with Crippen LogP contribution in [0.5, 0.6) is 0 Å². The number of alkyl halides is 3. The Morgan fingerprint density at radius 1 is 1.03 bits per heavy atom. The second-order valence-electron chi connectivity index (χ2n) is 7.55. The summed E-state index contributed by atoms with van der Waals surface area (Å²) in [5, 5.41) is 19.2. The highest BCUT2D eigenvalue weighted by Gasteiger charge is 2.45. The van der Waals surface area contributed by atoms with E-state index in [0.29, 0.717) is 0 Å². The Hall–Kier alpha value is -4.42. The Labute approximate surface area is 195 Å². The molecule has 0 spiro atoms. The maximum absolute atomic E-state index is 12.8. The normalized spacial score (nSPS) is 13.5. The van der Waals surface area contributed by atoms with Gasteiger partial charge >= 0.3 is 18.2 Å². The van der Waals surface area contributed by atoms with E-state index in [1.54, 1.807) is 5.32 Å². The van der Waals surface area contributed by atoms with E-state index in [9.17, 15) is 27.6 Å². The Bertz CT molecular complexity index is 1230. The number of hydrogen-bond donors (Lipinski definition) is 3. The van der Waals surface area contributed by atoms with Crippen molar-refractivity contribution in [2.24, 2.45) is 5.92 Å². The highest BCUT2D eigenvalue weighted by molar-refractivity contribution is 5.99. The average molecular weight is 490 g/mol. The van der Waals surface area contributed by atoms with E-state index >= 15 is 0 Å². The Morgan fingerprint density at radius 3 is 2.20 bits per heavy atom. The van der Waals surface area contributed by atoms with Crippen molar-refractivity contribution in [1.29, 1.82) is 0 Å². The third kappa shape index (κ3) is 4.93. The van der Waals surface area contributed by atoms with Crippen LogP contribution in [0.2, 0.25) is 0 Å². The first kappa shape index (κ1) is 23.7. The Balaban J connectivity index is 1.39. The van der Waals surface area contributed by atoms with Crippen LogP contribution < -0.4 is 10.6 Å². The number of amides is 2. The molecule has 2 aromatic carbocycles. The van der Waals surface area contributed by atoms with Crippen LogP contribution in [0.4, 0.5) is 23.8 Å². The van der Waals surface area contributed by atoms with Crippen LogP contribution in [0.1, 0.15) is 27.5 Å². The molecule has 0 saturated heterocycles. The van der Waals surface area contributed by atoms with Gasteiger partial charge in [0.05, 0.1) is 0 Å². The topological polar surface area (TPSA) is 144 Å². The van der Waals surface area contributed by atoms with Gasteiger partial charge in [-0.1, -0.05) is 48.5 Å². The lowest BCUT2D eigenvalue weighted by molar-refractivity contribution is -0.192. The Morgan fingerprint density at radius 2 is 1.63 bits per heavy atom. The third-order valence-corrected chi connectivity index (χ3v) is 5.43. The minimum absolute atomic E-state index is 0.0431. The minimum atomic E-state index is -5.08. The second-order valence-corrected chi connectivity index (χ2v) is 7.55. The van der Waals surface area contributed by atoms with Crippen molar-refractivity contribution >= 4 is 23.8 Å². The zero-order chi connectivity index (χ0) is 25.2. The molecule has 4 rings (SSSR count). The first-order chi connectivity index (χ1) is 16.7. The van der Waals surface area contributed by atoms with E-state index < -0.39 is 48.1 Å². The van der Waals surface area contributed by atoms with E-state index in [1.165, 1.54) is 0 Å². The lowest BCUT2D eigenvalue weighted by Gasteiger charge is -2.16. The largest absolute Gasteiger partial charge is 0.481 e. The molecule has 3 N–H and O–H groups in total. The van der Waals surface area contributed by atoms with Gasteiger partial charge in [0, 0.05) is 12.5 Å². The molecule has 1 unspecified atom stereocenters. The molecule has 35 heavy (non-hydrogen) atoms. The monoisotopic (exact) mass is 490 g/mol. The fourth-order valence-electron chi connectivity index (χ4n) is 3.77. The predicted molar refractivity (Wildman–Crippen MR) is 113 cm³/mol. The molecule has 182 valence electrons. The number of rotatable bonds is 7. The number of benzene rings is 2. The minimum Gasteiger partial charge on any atom is -0.481 e. The van der Waals surface area contributed by atoms with Crippen molar-refractivity contribution < 1.29 is 42.0 Å². The summed E-state index contributed by atoms with van der Waals surface area (Å²) in [5.74, 6) is -6.95. The van der Waals surface area contributed by atoms with Gasteiger partial charge in [0.2, 0.25) is 11.5 Å². The van der Waals surface area contributed by atoms with E-state index in [4.69, 9.17) is 9.84 Å². The van der Waals surface area contributed by atoms with Crippen LogP contribution in [0.15, 0.2) is 53.2 Å². The standard InChI is InChI=1S/C22H17F3N4O6/c23-22(24,25)16(20(31)32)9-26-19(30)17-18(29-35-28-17)27-21(33)34-10-15-13-7-3-1-5-11(13)12-6-2-4-8-14(12)15/h1-8,15-16H,9-10H2,(H,26,30)(H,31,32)(H,27,29,33). The van der Waals surface area contributed by atoms with Crippen molar-refractivity contribution in [2.75, 3.05) is 18.5 Å². The van der Waals surface area contributed by atoms with Gasteiger partial charge in [-0.15, -0.1) is 0 Å². The number of fused-ring (bicyclic) bond motifs is 3. The molecule has 3 aromatic rings. The highest BCUT2D eigenvalue weighted by Crippen LogP contribution is 2.44. The number of carbonyl (C=O) groups is 3. The smallest absolute Gasteiger partial charge is 0.412 e. The zero-order valence-electron chi connectivity index (χ0n) is 17.7. The van der Waals surface area contributed by atoms with Gasteiger partial charge in [-0.05, 0) is 32.6 Å². The molecule has 13 heteroatoms. The third-order valence-electron chi connectivity index (χ3n) is 5.43. The Kier molecular flexibility index (Phi) is 6.40. The number of carbonyl (C=O) groups excluding carboxylic acids is 2. The SMILES string of the molecule is O=C(Nc1nonc1C(=O)NCC(C(=O)O)C(F)(F)F)OCC1c2ccccc2-c2ccccc21. The van der Waals surface area contributed by atoms with Crippen LogP contribution in [0, 0.1) is 5.92 Å². The summed E-state index contributed by atoms with van der Waals surface area (Å²) >= 11 is 0. The van der Waals surface area contributed by atoms with Crippen molar-refractivity contribution in [2.45, 2.75) is 12.1 Å². The average Bonchev–Trinajstić information content (AvgIpc) is 3.39. The van der Waals surface area contributed by atoms with Crippen LogP contribution >= 0.6 is 0 Å². The summed E-state index contributed by atoms with van der Waals surface area (Å²) in [4.78, 5) is 35.3. The molecule has 1 atom stereocenters. The number of hydrogen-bond acceptors (Lipinski definition) is 7. The molecule has 1 heterocycles. The molecule has 2 amide bonds. The zero-order valence-corrected chi connectivity index (χ0v) is 17.7. The lowest BCUT2D eigenvalue weighted by atomic mass is 9.98. The van der Waals surface area contributed by atoms with E-state index in [2.05, 4.69) is 20.3 Å². The van der Waals surface area contributed by atoms with Gasteiger partial charge in [0.15, 0.2) is 5.92 Å². The molecule has 1 aliphatic carbocycles. The summed E-state index contributed by atoms with van der Waals surface area (Å²) in [6.07, 6.45) is -6.08. The van der Waals surface area contributed by atoms with Crippen LogP contribution in [0.3, 0.4) is 0 Å². The molecule has 10 nitrogen and oxygen atoms in total. The molecular weight excluding hydrogens is 473 g/mol. The molecule has 0 saturated carbocycles. The molecule has 0 fully saturated rings. The van der Waals surface area contributed by atoms with Gasteiger partial charge in [0.25, 0.3) is 5.91 Å². The number of carboxylic acid groups (broad SMARTS) is 1. The molecular formula is C22H17F3N4O6. The quantitative estimate of drug-likeness (QED) is 0.457. The van der Waals surface area contributed by atoms with E-state index in [1.807, 2.05) is 48.5 Å². The fraction of sp³-hybridized carbons (Fsp3) is 0.227. The summed E-state index contributed by atoms with van der Waals surface area (Å²) in [6, 6.07) is 15.3. The van der Waals surface area contributed by atoms with E-state index in [-0.39, 0.29) is 12.5 Å². The molecule has 1 aromatic heterocycles. The lowest BCUT2D eigenvalue weighted by Crippen LogP contribution is -2.41. The number of halogens is 3. The van der Waals surface area contributed by atoms with Crippen LogP contribution in [-0.4, -0.2) is 52.7 Å². The van der Waals surface area contributed by atoms with Gasteiger partial charge in [0.1, 0.15) is 6.61 Å². The first-order valence-corrected chi connectivity index (χ1v) is 10.2. The molecule has 0 aliphatic heterocycles. The number of anilines is 1. The van der Waals surface area contributed by atoms with Crippen molar-refractivity contribution in [3.63, 3.8) is 0 Å². The summed E-state index contributed by atoms with van der Waals surface area (Å²) in [7, 11) is 0. The first-order valence-electron chi connectivity index (χ1n) is 10.2. The number of nitrogens with one attached hydrogen (secondary N) is 2. The summed E-state index contributed by atoms with van der Waals surface area (Å²) < 4.78 is 48.0. The predicted octanol–water partition coefficient (Wildman–Crippen LogP) is 3.42. The van der Waals surface area contributed by atoms with Crippen molar-refractivity contribution in [3.8, 4) is 11.1 Å². The summed E-state index contributed by atoms with van der Waals surface area (Å²) in [6.45, 7) is -1.30. The summed E-state index contributed by atoms with van der Waals surface area (Å²) in [5.41, 5.74) is 3.35. The molecule has 0 bridgehead atoms. The number of aromatic nitrogens is 2. The van der Waals surface area contributed by atoms with Crippen molar-refractivity contribution in [3.05, 3.63) is 65.4 Å². The maximum Gasteiger partial charge on any atom is 0.412 e. The second kappa shape index (κ2) is 9.44. The highest BCUT2D eigenvalue weighted by atomic mass is 19.4. The number of nitrogens with zero attached hydrogens (tertiary/aromatic N) is 2. The van der Waals surface area contributed by atoms with Crippen LogP contribution in [0.25, 0.3) is 11.1 Å². The van der Waals surface area contributed by atoms with Crippen LogP contribution in [-0.2, 0) is 9.53 Å². The molecule has 0 radical (unpaired) electrons.